The molecule has 0 aliphatic heterocycles. The first-order valence-electron chi connectivity index (χ1n) is 5.86. The van der Waals surface area contributed by atoms with Crippen molar-refractivity contribution in [2.45, 2.75) is 26.8 Å². The van der Waals surface area contributed by atoms with Crippen LogP contribution in [-0.2, 0) is 0 Å². The summed E-state index contributed by atoms with van der Waals surface area (Å²) in [5.41, 5.74) is 7.97. The van der Waals surface area contributed by atoms with Crippen LogP contribution in [0.15, 0.2) is 28.7 Å². The molecule has 0 spiro atoms. The molecular formula is C14H17FN2O. The summed E-state index contributed by atoms with van der Waals surface area (Å²) in [6.45, 7) is 5.85. The minimum atomic E-state index is -0.332. The highest BCUT2D eigenvalue weighted by molar-refractivity contribution is 5.66. The van der Waals surface area contributed by atoms with Crippen LogP contribution in [0.2, 0.25) is 0 Å². The van der Waals surface area contributed by atoms with E-state index in [1.807, 2.05) is 26.8 Å². The number of benzene rings is 1. The van der Waals surface area contributed by atoms with E-state index in [9.17, 15) is 4.39 Å². The molecule has 1 aromatic heterocycles. The lowest BCUT2D eigenvalue weighted by Gasteiger charge is -2.16. The Morgan fingerprint density at radius 2 is 2.00 bits per heavy atom. The van der Waals surface area contributed by atoms with Gasteiger partial charge in [0.25, 0.3) is 0 Å². The molecule has 2 aromatic rings. The van der Waals surface area contributed by atoms with Gasteiger partial charge in [0.1, 0.15) is 17.3 Å². The van der Waals surface area contributed by atoms with Crippen molar-refractivity contribution in [1.82, 2.24) is 0 Å². The third kappa shape index (κ3) is 2.47. The van der Waals surface area contributed by atoms with Crippen molar-refractivity contribution < 1.29 is 8.81 Å². The summed E-state index contributed by atoms with van der Waals surface area (Å²) in [5, 5.41) is 3.26. The molecule has 1 unspecified atom stereocenters. The highest BCUT2D eigenvalue weighted by Gasteiger charge is 2.13. The average molecular weight is 248 g/mol. The number of aryl methyl sites for hydroxylation is 2. The van der Waals surface area contributed by atoms with Crippen LogP contribution in [0.3, 0.4) is 0 Å². The van der Waals surface area contributed by atoms with Gasteiger partial charge in [0.2, 0.25) is 0 Å². The fourth-order valence-corrected chi connectivity index (χ4v) is 2.06. The van der Waals surface area contributed by atoms with Gasteiger partial charge in [0.15, 0.2) is 0 Å². The van der Waals surface area contributed by atoms with Crippen LogP contribution >= 0.6 is 0 Å². The van der Waals surface area contributed by atoms with Crippen molar-refractivity contribution in [2.75, 3.05) is 11.1 Å². The second kappa shape index (κ2) is 4.72. The maximum absolute atomic E-state index is 13.0. The minimum Gasteiger partial charge on any atom is -0.466 e. The Morgan fingerprint density at radius 3 is 2.56 bits per heavy atom. The van der Waals surface area contributed by atoms with Crippen LogP contribution < -0.4 is 11.1 Å². The van der Waals surface area contributed by atoms with Crippen molar-refractivity contribution >= 4 is 11.4 Å². The van der Waals surface area contributed by atoms with Crippen LogP contribution in [0.4, 0.5) is 15.8 Å². The summed E-state index contributed by atoms with van der Waals surface area (Å²) in [6.07, 6.45) is 0. The number of hydrogen-bond donors (Lipinski definition) is 2. The molecule has 0 bridgehead atoms. The van der Waals surface area contributed by atoms with Gasteiger partial charge in [-0.15, -0.1) is 0 Å². The van der Waals surface area contributed by atoms with Gasteiger partial charge < -0.3 is 15.5 Å². The van der Waals surface area contributed by atoms with Crippen LogP contribution in [0.5, 0.6) is 0 Å². The summed E-state index contributed by atoms with van der Waals surface area (Å²) in [6, 6.07) is 6.38. The highest BCUT2D eigenvalue weighted by atomic mass is 19.1. The Bertz CT molecular complexity index is 563. The minimum absolute atomic E-state index is 0.0511. The summed E-state index contributed by atoms with van der Waals surface area (Å²) < 4.78 is 18.4. The van der Waals surface area contributed by atoms with Crippen LogP contribution in [0, 0.1) is 19.7 Å². The molecular weight excluding hydrogens is 231 g/mol. The lowest BCUT2D eigenvalue weighted by atomic mass is 10.1. The smallest absolute Gasteiger partial charge is 0.125 e. The van der Waals surface area contributed by atoms with Gasteiger partial charge in [-0.05, 0) is 45.0 Å². The summed E-state index contributed by atoms with van der Waals surface area (Å²) in [4.78, 5) is 0. The summed E-state index contributed by atoms with van der Waals surface area (Å²) in [5.74, 6) is 1.43. The van der Waals surface area contributed by atoms with E-state index in [0.29, 0.717) is 5.69 Å². The number of nitrogens with one attached hydrogen (secondary N) is 1. The molecule has 2 rings (SSSR count). The topological polar surface area (TPSA) is 51.2 Å². The lowest BCUT2D eigenvalue weighted by Crippen LogP contribution is -2.08. The molecule has 0 saturated heterocycles. The van der Waals surface area contributed by atoms with Crippen molar-refractivity contribution in [3.8, 4) is 0 Å². The number of hydrogen-bond acceptors (Lipinski definition) is 3. The predicted molar refractivity (Wildman–Crippen MR) is 71.0 cm³/mol. The zero-order valence-electron chi connectivity index (χ0n) is 10.8. The Kier molecular flexibility index (Phi) is 3.28. The molecule has 0 amide bonds. The van der Waals surface area contributed by atoms with Gasteiger partial charge in [-0.1, -0.05) is 0 Å². The van der Waals surface area contributed by atoms with E-state index in [1.54, 1.807) is 6.07 Å². The second-order valence-corrected chi connectivity index (χ2v) is 4.47. The number of halogens is 1. The largest absolute Gasteiger partial charge is 0.466 e. The van der Waals surface area contributed by atoms with Gasteiger partial charge in [0.05, 0.1) is 17.4 Å². The monoisotopic (exact) mass is 248 g/mol. The molecule has 96 valence electrons. The van der Waals surface area contributed by atoms with E-state index < -0.39 is 0 Å². The molecule has 0 aliphatic rings. The zero-order chi connectivity index (χ0) is 13.3. The molecule has 1 heterocycles. The first-order chi connectivity index (χ1) is 8.47. The van der Waals surface area contributed by atoms with Gasteiger partial charge >= 0.3 is 0 Å². The third-order valence-electron chi connectivity index (χ3n) is 2.93. The molecule has 1 atom stereocenters. The summed E-state index contributed by atoms with van der Waals surface area (Å²) >= 11 is 0. The maximum Gasteiger partial charge on any atom is 0.125 e. The molecule has 4 heteroatoms. The van der Waals surface area contributed by atoms with E-state index in [-0.39, 0.29) is 11.9 Å². The number of nitrogen functional groups attached to an aromatic ring is 1. The van der Waals surface area contributed by atoms with Gasteiger partial charge in [-0.25, -0.2) is 4.39 Å². The van der Waals surface area contributed by atoms with Crippen molar-refractivity contribution in [2.24, 2.45) is 0 Å². The molecule has 0 fully saturated rings. The van der Waals surface area contributed by atoms with Crippen LogP contribution in [0.1, 0.15) is 30.0 Å². The van der Waals surface area contributed by atoms with Crippen molar-refractivity contribution in [3.05, 3.63) is 47.2 Å². The number of furan rings is 1. The fourth-order valence-electron chi connectivity index (χ4n) is 2.06. The molecule has 1 aromatic carbocycles. The summed E-state index contributed by atoms with van der Waals surface area (Å²) in [7, 11) is 0. The molecule has 0 radical (unpaired) electrons. The molecule has 0 aliphatic carbocycles. The van der Waals surface area contributed by atoms with E-state index in [1.165, 1.54) is 12.1 Å². The fraction of sp³-hybridized carbons (Fsp3) is 0.286. The third-order valence-corrected chi connectivity index (χ3v) is 2.93. The Labute approximate surface area is 106 Å². The quantitative estimate of drug-likeness (QED) is 0.812. The average Bonchev–Trinajstić information content (AvgIpc) is 2.62. The molecule has 3 nitrogen and oxygen atoms in total. The lowest BCUT2D eigenvalue weighted by molar-refractivity contribution is 0.500. The Morgan fingerprint density at radius 1 is 1.28 bits per heavy atom. The van der Waals surface area contributed by atoms with E-state index in [4.69, 9.17) is 10.2 Å². The van der Waals surface area contributed by atoms with E-state index in [0.717, 1.165) is 22.8 Å². The first-order valence-corrected chi connectivity index (χ1v) is 5.86. The van der Waals surface area contributed by atoms with Gasteiger partial charge in [0, 0.05) is 5.56 Å². The van der Waals surface area contributed by atoms with Crippen molar-refractivity contribution in [1.29, 1.82) is 0 Å². The predicted octanol–water partition coefficient (Wildman–Crippen LogP) is 3.79. The maximum atomic E-state index is 13.0. The van der Waals surface area contributed by atoms with Gasteiger partial charge in [-0.3, -0.25) is 0 Å². The highest BCUT2D eigenvalue weighted by Crippen LogP contribution is 2.27. The van der Waals surface area contributed by atoms with Crippen LogP contribution in [0.25, 0.3) is 0 Å². The molecule has 3 N–H and O–H groups in total. The number of nitrogens with two attached hydrogens (primary N) is 1. The Hall–Kier alpha value is -1.97. The second-order valence-electron chi connectivity index (χ2n) is 4.47. The van der Waals surface area contributed by atoms with E-state index in [2.05, 4.69) is 5.32 Å². The Balaban J connectivity index is 2.21. The molecule has 0 saturated carbocycles. The number of anilines is 2. The normalized spacial score (nSPS) is 12.4. The molecule has 18 heavy (non-hydrogen) atoms. The van der Waals surface area contributed by atoms with E-state index >= 15 is 0 Å². The van der Waals surface area contributed by atoms with Crippen LogP contribution in [-0.4, -0.2) is 0 Å². The standard InChI is InChI=1S/C14H17FN2O/c1-8-6-12(10(3)18-8)9(2)17-14-5-4-11(15)7-13(14)16/h4-7,9,17H,16H2,1-3H3. The number of rotatable bonds is 3. The van der Waals surface area contributed by atoms with Crippen molar-refractivity contribution in [3.63, 3.8) is 0 Å². The SMILES string of the molecule is Cc1cc(C(C)Nc2ccc(F)cc2N)c(C)o1. The first kappa shape index (κ1) is 12.5. The van der Waals surface area contributed by atoms with Gasteiger partial charge in [-0.2, -0.15) is 0 Å². The zero-order valence-corrected chi connectivity index (χ0v) is 10.8.